The third kappa shape index (κ3) is 7.09. The summed E-state index contributed by atoms with van der Waals surface area (Å²) in [6.07, 6.45) is -3.44. The molecule has 1 aliphatic heterocycles. The lowest BCUT2D eigenvalue weighted by molar-refractivity contribution is -0.181. The van der Waals surface area contributed by atoms with Gasteiger partial charge in [-0.05, 0) is 31.0 Å². The average molecular weight is 530 g/mol. The molecule has 0 aromatic heterocycles. The molecule has 1 heterocycles. The maximum absolute atomic E-state index is 12.9. The lowest BCUT2D eigenvalue weighted by atomic mass is 10.1. The van der Waals surface area contributed by atoms with Gasteiger partial charge in [-0.25, -0.2) is 0 Å². The number of halogens is 4. The minimum absolute atomic E-state index is 0. The van der Waals surface area contributed by atoms with E-state index in [0.717, 1.165) is 12.0 Å². The van der Waals surface area contributed by atoms with E-state index in [1.54, 1.807) is 21.3 Å². The average Bonchev–Trinajstić information content (AvgIpc) is 2.70. The van der Waals surface area contributed by atoms with Crippen molar-refractivity contribution >= 4 is 29.9 Å². The van der Waals surface area contributed by atoms with Crippen LogP contribution in [0, 0.1) is 0 Å². The summed E-state index contributed by atoms with van der Waals surface area (Å²) in [5.74, 6) is 2.07. The molecule has 1 atom stereocenters. The molecule has 0 saturated carbocycles. The van der Waals surface area contributed by atoms with E-state index in [-0.39, 0.29) is 24.0 Å². The minimum Gasteiger partial charge on any atom is -0.493 e. The molecular weight excluding hydrogens is 500 g/mol. The van der Waals surface area contributed by atoms with Gasteiger partial charge in [0.15, 0.2) is 17.5 Å². The highest BCUT2D eigenvalue weighted by atomic mass is 127. The van der Waals surface area contributed by atoms with Gasteiger partial charge in [0.1, 0.15) is 6.04 Å². The van der Waals surface area contributed by atoms with Gasteiger partial charge in [-0.15, -0.1) is 24.0 Å². The van der Waals surface area contributed by atoms with Crippen molar-refractivity contribution in [3.05, 3.63) is 23.8 Å². The van der Waals surface area contributed by atoms with Crippen LogP contribution in [-0.4, -0.2) is 82.0 Å². The van der Waals surface area contributed by atoms with Crippen LogP contribution in [0.1, 0.15) is 12.5 Å². The maximum atomic E-state index is 12.9. The van der Waals surface area contributed by atoms with Crippen molar-refractivity contribution in [1.82, 2.24) is 15.1 Å². The number of guanidine groups is 1. The second-order valence-electron chi connectivity index (χ2n) is 6.65. The first-order chi connectivity index (χ1) is 13.3. The number of benzene rings is 1. The Morgan fingerprint density at radius 1 is 1.14 bits per heavy atom. The van der Waals surface area contributed by atoms with Gasteiger partial charge in [-0.3, -0.25) is 9.89 Å². The Labute approximate surface area is 187 Å². The molecule has 1 aromatic rings. The Kier molecular flexibility index (Phi) is 10.3. The fraction of sp³-hybridized carbons (Fsp3) is 0.632. The smallest absolute Gasteiger partial charge is 0.403 e. The molecule has 29 heavy (non-hydrogen) atoms. The van der Waals surface area contributed by atoms with Crippen LogP contribution >= 0.6 is 24.0 Å². The highest BCUT2D eigenvalue weighted by Gasteiger charge is 2.41. The molecule has 10 heteroatoms. The monoisotopic (exact) mass is 530 g/mol. The zero-order chi connectivity index (χ0) is 20.7. The molecule has 6 nitrogen and oxygen atoms in total. The molecule has 1 unspecified atom stereocenters. The predicted molar refractivity (Wildman–Crippen MR) is 119 cm³/mol. The molecule has 2 rings (SSSR count). The Balaban J connectivity index is 0.00000420. The van der Waals surface area contributed by atoms with Crippen molar-refractivity contribution in [2.24, 2.45) is 4.99 Å². The van der Waals surface area contributed by atoms with Crippen molar-refractivity contribution in [3.8, 4) is 11.5 Å². The van der Waals surface area contributed by atoms with Gasteiger partial charge >= 0.3 is 6.18 Å². The number of hydrogen-bond acceptors (Lipinski definition) is 4. The first kappa shape index (κ1) is 25.6. The van der Waals surface area contributed by atoms with E-state index >= 15 is 0 Å². The Bertz CT molecular complexity index is 665. The molecule has 1 aromatic carbocycles. The molecule has 1 N–H and O–H groups in total. The fourth-order valence-corrected chi connectivity index (χ4v) is 3.22. The number of methoxy groups -OCH3 is 2. The Morgan fingerprint density at radius 3 is 2.28 bits per heavy atom. The predicted octanol–water partition coefficient (Wildman–Crippen LogP) is 3.01. The summed E-state index contributed by atoms with van der Waals surface area (Å²) in [5, 5.41) is 3.29. The summed E-state index contributed by atoms with van der Waals surface area (Å²) in [4.78, 5) is 7.73. The number of piperazine rings is 1. The van der Waals surface area contributed by atoms with Crippen molar-refractivity contribution in [3.63, 3.8) is 0 Å². The van der Waals surface area contributed by atoms with Crippen LogP contribution in [0.25, 0.3) is 0 Å². The van der Waals surface area contributed by atoms with Crippen molar-refractivity contribution in [1.29, 1.82) is 0 Å². The van der Waals surface area contributed by atoms with Crippen LogP contribution in [0.4, 0.5) is 13.2 Å². The lowest BCUT2D eigenvalue weighted by Crippen LogP contribution is -2.56. The normalized spacial score (nSPS) is 16.8. The van der Waals surface area contributed by atoms with Crippen LogP contribution in [0.15, 0.2) is 23.2 Å². The van der Waals surface area contributed by atoms with Gasteiger partial charge in [0.05, 0.1) is 14.2 Å². The number of nitrogens with one attached hydrogen (secondary N) is 1. The summed E-state index contributed by atoms with van der Waals surface area (Å²) in [6.45, 7) is 3.61. The number of rotatable bonds is 6. The number of nitrogens with zero attached hydrogens (tertiary/aromatic N) is 3. The van der Waals surface area contributed by atoms with E-state index in [0.29, 0.717) is 50.2 Å². The Morgan fingerprint density at radius 2 is 1.76 bits per heavy atom. The zero-order valence-electron chi connectivity index (χ0n) is 17.3. The lowest BCUT2D eigenvalue weighted by Gasteiger charge is -2.39. The van der Waals surface area contributed by atoms with Crippen molar-refractivity contribution in [2.75, 3.05) is 54.0 Å². The number of ether oxygens (including phenoxy) is 2. The second kappa shape index (κ2) is 11.7. The fourth-order valence-electron chi connectivity index (χ4n) is 3.22. The summed E-state index contributed by atoms with van der Waals surface area (Å²) >= 11 is 0. The molecule has 0 bridgehead atoms. The standard InChI is InChI=1S/C19H29F3N4O2.HI/c1-14(19(20,21)22)25-9-11-26(12-10-25)18(23-2)24-8-7-15-5-6-16(27-3)17(13-15)28-4;/h5-6,13-14H,7-12H2,1-4H3,(H,23,24);1H. The largest absolute Gasteiger partial charge is 0.493 e. The van der Waals surface area contributed by atoms with Crippen LogP contribution in [0.2, 0.25) is 0 Å². The highest BCUT2D eigenvalue weighted by Crippen LogP contribution is 2.27. The zero-order valence-corrected chi connectivity index (χ0v) is 19.6. The topological polar surface area (TPSA) is 49.3 Å². The van der Waals surface area contributed by atoms with Gasteiger partial charge in [0.25, 0.3) is 0 Å². The first-order valence-electron chi connectivity index (χ1n) is 9.27. The molecule has 166 valence electrons. The third-order valence-corrected chi connectivity index (χ3v) is 4.99. The van der Waals surface area contributed by atoms with Gasteiger partial charge in [-0.1, -0.05) is 6.07 Å². The molecule has 0 amide bonds. The van der Waals surface area contributed by atoms with E-state index in [2.05, 4.69) is 10.3 Å². The molecule has 0 spiro atoms. The molecule has 1 fully saturated rings. The summed E-state index contributed by atoms with van der Waals surface area (Å²) in [6, 6.07) is 4.35. The third-order valence-electron chi connectivity index (χ3n) is 4.99. The number of alkyl halides is 3. The van der Waals surface area contributed by atoms with Crippen LogP contribution in [-0.2, 0) is 6.42 Å². The van der Waals surface area contributed by atoms with E-state index < -0.39 is 12.2 Å². The summed E-state index contributed by atoms with van der Waals surface area (Å²) in [7, 11) is 4.88. The van der Waals surface area contributed by atoms with Crippen molar-refractivity contribution < 1.29 is 22.6 Å². The van der Waals surface area contributed by atoms with Gasteiger partial charge in [0, 0.05) is 39.8 Å². The maximum Gasteiger partial charge on any atom is 0.403 e. The first-order valence-corrected chi connectivity index (χ1v) is 9.27. The number of hydrogen-bond donors (Lipinski definition) is 1. The van der Waals surface area contributed by atoms with Crippen LogP contribution in [0.3, 0.4) is 0 Å². The van der Waals surface area contributed by atoms with E-state index in [1.165, 1.54) is 11.8 Å². The quantitative estimate of drug-likeness (QED) is 0.349. The van der Waals surface area contributed by atoms with Gasteiger partial charge in [0.2, 0.25) is 0 Å². The highest BCUT2D eigenvalue weighted by molar-refractivity contribution is 14.0. The molecule has 0 radical (unpaired) electrons. The van der Waals surface area contributed by atoms with Crippen molar-refractivity contribution in [2.45, 2.75) is 25.6 Å². The molecule has 1 saturated heterocycles. The van der Waals surface area contributed by atoms with Gasteiger partial charge in [-0.2, -0.15) is 13.2 Å². The van der Waals surface area contributed by atoms with Crippen LogP contribution < -0.4 is 14.8 Å². The van der Waals surface area contributed by atoms with E-state index in [4.69, 9.17) is 9.47 Å². The Hall–Kier alpha value is -1.43. The number of aliphatic imine (C=N–C) groups is 1. The minimum atomic E-state index is -4.19. The molecular formula is C19H30F3IN4O2. The van der Waals surface area contributed by atoms with E-state index in [1.807, 2.05) is 23.1 Å². The SMILES string of the molecule is CN=C(NCCc1ccc(OC)c(OC)c1)N1CCN(C(C)C(F)(F)F)CC1.I. The summed E-state index contributed by atoms with van der Waals surface area (Å²) in [5.41, 5.74) is 1.09. The van der Waals surface area contributed by atoms with E-state index in [9.17, 15) is 13.2 Å². The van der Waals surface area contributed by atoms with Gasteiger partial charge < -0.3 is 19.7 Å². The second-order valence-corrected chi connectivity index (χ2v) is 6.65. The van der Waals surface area contributed by atoms with Crippen LogP contribution in [0.5, 0.6) is 11.5 Å². The summed E-state index contributed by atoms with van der Waals surface area (Å²) < 4.78 is 49.2. The molecule has 0 aliphatic carbocycles. The molecule has 1 aliphatic rings.